The van der Waals surface area contributed by atoms with E-state index in [0.717, 1.165) is 19.5 Å². The van der Waals surface area contributed by atoms with Crippen LogP contribution < -0.4 is 11.1 Å². The summed E-state index contributed by atoms with van der Waals surface area (Å²) in [6, 6.07) is 8.77. The minimum Gasteiger partial charge on any atom is -0.385 e. The van der Waals surface area contributed by atoms with Crippen LogP contribution in [0.25, 0.3) is 0 Å². The third-order valence-electron chi connectivity index (χ3n) is 3.04. The van der Waals surface area contributed by atoms with Gasteiger partial charge < -0.3 is 11.1 Å². The molecule has 0 aromatic heterocycles. The second kappa shape index (κ2) is 8.13. The molecule has 0 radical (unpaired) electrons. The summed E-state index contributed by atoms with van der Waals surface area (Å²) in [5, 5.41) is 3.46. The molecule has 0 aliphatic heterocycles. The predicted octanol–water partition coefficient (Wildman–Crippen LogP) is 3.74. The highest BCUT2D eigenvalue weighted by Gasteiger charge is 1.98. The van der Waals surface area contributed by atoms with Crippen molar-refractivity contribution in [3.63, 3.8) is 0 Å². The van der Waals surface area contributed by atoms with Crippen LogP contribution in [0.15, 0.2) is 24.3 Å². The van der Waals surface area contributed by atoms with E-state index in [4.69, 9.17) is 5.73 Å². The van der Waals surface area contributed by atoms with Crippen molar-refractivity contribution in [2.24, 2.45) is 5.73 Å². The van der Waals surface area contributed by atoms with Crippen molar-refractivity contribution in [3.05, 3.63) is 29.8 Å². The molecule has 1 aromatic carbocycles. The molecule has 0 amide bonds. The fourth-order valence-electron chi connectivity index (χ4n) is 1.84. The van der Waals surface area contributed by atoms with Crippen molar-refractivity contribution in [1.29, 1.82) is 0 Å². The zero-order chi connectivity index (χ0) is 12.5. The topological polar surface area (TPSA) is 38.0 Å². The van der Waals surface area contributed by atoms with Crippen LogP contribution >= 0.6 is 0 Å². The van der Waals surface area contributed by atoms with Crippen LogP contribution in [-0.4, -0.2) is 13.1 Å². The van der Waals surface area contributed by atoms with Gasteiger partial charge in [-0.3, -0.25) is 0 Å². The molecule has 0 fully saturated rings. The SMILES string of the molecule is CC(C)c1ccc(NCCCCCCN)cc1. The number of unbranched alkanes of at least 4 members (excludes halogenated alkanes) is 3. The Morgan fingerprint density at radius 3 is 2.24 bits per heavy atom. The third kappa shape index (κ3) is 5.73. The summed E-state index contributed by atoms with van der Waals surface area (Å²) in [6.07, 6.45) is 4.91. The molecule has 0 unspecified atom stereocenters. The molecule has 17 heavy (non-hydrogen) atoms. The molecule has 0 bridgehead atoms. The molecule has 0 saturated carbocycles. The van der Waals surface area contributed by atoms with Crippen molar-refractivity contribution in [2.45, 2.75) is 45.4 Å². The number of rotatable bonds is 8. The van der Waals surface area contributed by atoms with E-state index in [0.29, 0.717) is 5.92 Å². The highest BCUT2D eigenvalue weighted by molar-refractivity contribution is 5.44. The second-order valence-corrected chi connectivity index (χ2v) is 4.91. The van der Waals surface area contributed by atoms with Crippen LogP contribution in [0.3, 0.4) is 0 Å². The minimum atomic E-state index is 0.611. The van der Waals surface area contributed by atoms with E-state index in [9.17, 15) is 0 Å². The van der Waals surface area contributed by atoms with E-state index in [1.54, 1.807) is 0 Å². The maximum Gasteiger partial charge on any atom is 0.0340 e. The Bertz CT molecular complexity index is 290. The fraction of sp³-hybridized carbons (Fsp3) is 0.600. The van der Waals surface area contributed by atoms with Gasteiger partial charge in [0.25, 0.3) is 0 Å². The molecule has 96 valence electrons. The van der Waals surface area contributed by atoms with Crippen molar-refractivity contribution in [1.82, 2.24) is 0 Å². The van der Waals surface area contributed by atoms with Gasteiger partial charge in [0.1, 0.15) is 0 Å². The molecular formula is C15H26N2. The lowest BCUT2D eigenvalue weighted by Gasteiger charge is -2.09. The Morgan fingerprint density at radius 1 is 1.00 bits per heavy atom. The quantitative estimate of drug-likeness (QED) is 0.672. The molecule has 0 spiro atoms. The van der Waals surface area contributed by atoms with Gasteiger partial charge in [-0.05, 0) is 43.0 Å². The first-order valence-electron chi connectivity index (χ1n) is 6.78. The van der Waals surface area contributed by atoms with Crippen molar-refractivity contribution < 1.29 is 0 Å². The standard InChI is InChI=1S/C15H26N2/c1-13(2)14-7-9-15(10-8-14)17-12-6-4-3-5-11-16/h7-10,13,17H,3-6,11-12,16H2,1-2H3. The monoisotopic (exact) mass is 234 g/mol. The van der Waals surface area contributed by atoms with Gasteiger partial charge in [0.2, 0.25) is 0 Å². The van der Waals surface area contributed by atoms with Crippen molar-refractivity contribution in [2.75, 3.05) is 18.4 Å². The number of anilines is 1. The number of benzene rings is 1. The predicted molar refractivity (Wildman–Crippen MR) is 76.5 cm³/mol. The Balaban J connectivity index is 2.19. The number of nitrogens with two attached hydrogens (primary N) is 1. The lowest BCUT2D eigenvalue weighted by Crippen LogP contribution is -2.02. The summed E-state index contributed by atoms with van der Waals surface area (Å²) in [5.41, 5.74) is 8.09. The highest BCUT2D eigenvalue weighted by atomic mass is 14.9. The summed E-state index contributed by atoms with van der Waals surface area (Å²) in [6.45, 7) is 6.33. The van der Waals surface area contributed by atoms with Crippen molar-refractivity contribution in [3.8, 4) is 0 Å². The van der Waals surface area contributed by atoms with Gasteiger partial charge in [-0.1, -0.05) is 38.8 Å². The average molecular weight is 234 g/mol. The summed E-state index contributed by atoms with van der Waals surface area (Å²) in [5.74, 6) is 0.611. The minimum absolute atomic E-state index is 0.611. The summed E-state index contributed by atoms with van der Waals surface area (Å²) >= 11 is 0. The van der Waals surface area contributed by atoms with Gasteiger partial charge in [-0.25, -0.2) is 0 Å². The smallest absolute Gasteiger partial charge is 0.0340 e. The maximum atomic E-state index is 5.46. The Morgan fingerprint density at radius 2 is 1.65 bits per heavy atom. The Kier molecular flexibility index (Phi) is 6.71. The van der Waals surface area contributed by atoms with Crippen molar-refractivity contribution >= 4 is 5.69 Å². The van der Waals surface area contributed by atoms with E-state index in [1.165, 1.54) is 30.5 Å². The first-order valence-corrected chi connectivity index (χ1v) is 6.78. The van der Waals surface area contributed by atoms with Crippen LogP contribution in [-0.2, 0) is 0 Å². The van der Waals surface area contributed by atoms with E-state index < -0.39 is 0 Å². The molecule has 1 rings (SSSR count). The normalized spacial score (nSPS) is 10.8. The van der Waals surface area contributed by atoms with Crippen LogP contribution in [0.5, 0.6) is 0 Å². The maximum absolute atomic E-state index is 5.46. The highest BCUT2D eigenvalue weighted by Crippen LogP contribution is 2.17. The molecule has 0 saturated heterocycles. The lowest BCUT2D eigenvalue weighted by atomic mass is 10.0. The fourth-order valence-corrected chi connectivity index (χ4v) is 1.84. The number of nitrogens with one attached hydrogen (secondary N) is 1. The second-order valence-electron chi connectivity index (χ2n) is 4.91. The molecule has 0 atom stereocenters. The van der Waals surface area contributed by atoms with Gasteiger partial charge in [0.05, 0.1) is 0 Å². The van der Waals surface area contributed by atoms with Crippen LogP contribution in [0.1, 0.15) is 51.0 Å². The zero-order valence-corrected chi connectivity index (χ0v) is 11.2. The molecule has 2 heteroatoms. The molecule has 1 aromatic rings. The van der Waals surface area contributed by atoms with E-state index in [1.807, 2.05) is 0 Å². The molecule has 3 N–H and O–H groups in total. The summed E-state index contributed by atoms with van der Waals surface area (Å²) in [7, 11) is 0. The van der Waals surface area contributed by atoms with Crippen LogP contribution in [0, 0.1) is 0 Å². The lowest BCUT2D eigenvalue weighted by molar-refractivity contribution is 0.661. The van der Waals surface area contributed by atoms with E-state index in [-0.39, 0.29) is 0 Å². The first kappa shape index (κ1) is 14.0. The molecular weight excluding hydrogens is 208 g/mol. The third-order valence-corrected chi connectivity index (χ3v) is 3.04. The molecule has 2 nitrogen and oxygen atoms in total. The largest absolute Gasteiger partial charge is 0.385 e. The average Bonchev–Trinajstić information content (AvgIpc) is 2.34. The molecule has 0 heterocycles. The van der Waals surface area contributed by atoms with Gasteiger partial charge in [0, 0.05) is 12.2 Å². The number of hydrogen-bond acceptors (Lipinski definition) is 2. The summed E-state index contributed by atoms with van der Waals surface area (Å²) < 4.78 is 0. The van der Waals surface area contributed by atoms with Gasteiger partial charge in [-0.15, -0.1) is 0 Å². The van der Waals surface area contributed by atoms with Crippen LogP contribution in [0.4, 0.5) is 5.69 Å². The summed E-state index contributed by atoms with van der Waals surface area (Å²) in [4.78, 5) is 0. The zero-order valence-electron chi connectivity index (χ0n) is 11.2. The van der Waals surface area contributed by atoms with Gasteiger partial charge in [-0.2, -0.15) is 0 Å². The van der Waals surface area contributed by atoms with Crippen LogP contribution in [0.2, 0.25) is 0 Å². The van der Waals surface area contributed by atoms with Gasteiger partial charge in [0.15, 0.2) is 0 Å². The number of hydrogen-bond donors (Lipinski definition) is 2. The molecule has 0 aliphatic rings. The first-order chi connectivity index (χ1) is 8.24. The molecule has 0 aliphatic carbocycles. The Hall–Kier alpha value is -1.02. The van der Waals surface area contributed by atoms with E-state index in [2.05, 4.69) is 43.4 Å². The van der Waals surface area contributed by atoms with E-state index >= 15 is 0 Å². The Labute approximate surface area is 106 Å². The van der Waals surface area contributed by atoms with Gasteiger partial charge >= 0.3 is 0 Å².